The minimum absolute atomic E-state index is 0.193. The average Bonchev–Trinajstić information content (AvgIpc) is 2.03. The minimum Gasteiger partial charge on any atom is -0.468 e. The van der Waals surface area contributed by atoms with Gasteiger partial charge in [0.2, 0.25) is 0 Å². The lowest BCUT2D eigenvalue weighted by Gasteiger charge is -1.98. The van der Waals surface area contributed by atoms with Crippen LogP contribution in [0.3, 0.4) is 0 Å². The van der Waals surface area contributed by atoms with Gasteiger partial charge in [0.1, 0.15) is 0 Å². The van der Waals surface area contributed by atoms with E-state index < -0.39 is 0 Å². The van der Waals surface area contributed by atoms with E-state index in [9.17, 15) is 4.79 Å². The van der Waals surface area contributed by atoms with Gasteiger partial charge in [-0.25, -0.2) is 4.98 Å². The van der Waals surface area contributed by atoms with Crippen molar-refractivity contribution in [2.75, 3.05) is 7.11 Å². The van der Waals surface area contributed by atoms with E-state index in [2.05, 4.69) is 9.97 Å². The number of ether oxygens (including phenoxy) is 1. The van der Waals surface area contributed by atoms with Gasteiger partial charge in [-0.2, -0.15) is 0 Å². The summed E-state index contributed by atoms with van der Waals surface area (Å²) in [4.78, 5) is 17.1. The lowest BCUT2D eigenvalue weighted by molar-refractivity contribution is 0.376. The molecule has 0 aliphatic rings. The SMILES string of the molecule is COc1nc(CN)cc(=O)[nH]1. The summed E-state index contributed by atoms with van der Waals surface area (Å²) in [7, 11) is 1.43. The third-order valence-electron chi connectivity index (χ3n) is 1.18. The molecule has 1 rings (SSSR count). The van der Waals surface area contributed by atoms with E-state index in [4.69, 9.17) is 10.5 Å². The van der Waals surface area contributed by atoms with E-state index in [-0.39, 0.29) is 18.1 Å². The predicted molar refractivity (Wildman–Crippen MR) is 39.3 cm³/mol. The summed E-state index contributed by atoms with van der Waals surface area (Å²) in [6.07, 6.45) is 0. The van der Waals surface area contributed by atoms with Crippen molar-refractivity contribution >= 4 is 0 Å². The van der Waals surface area contributed by atoms with Gasteiger partial charge in [0.15, 0.2) is 0 Å². The van der Waals surface area contributed by atoms with Crippen molar-refractivity contribution in [2.24, 2.45) is 5.73 Å². The Hall–Kier alpha value is -1.36. The summed E-state index contributed by atoms with van der Waals surface area (Å²) in [6, 6.07) is 1.53. The monoisotopic (exact) mass is 155 g/mol. The molecule has 0 fully saturated rings. The molecule has 11 heavy (non-hydrogen) atoms. The fourth-order valence-corrected chi connectivity index (χ4v) is 0.685. The maximum atomic E-state index is 10.8. The number of rotatable bonds is 2. The fourth-order valence-electron chi connectivity index (χ4n) is 0.685. The van der Waals surface area contributed by atoms with Crippen molar-refractivity contribution in [3.8, 4) is 6.01 Å². The van der Waals surface area contributed by atoms with E-state index in [1.165, 1.54) is 13.2 Å². The topological polar surface area (TPSA) is 81.0 Å². The van der Waals surface area contributed by atoms with Crippen LogP contribution in [0.25, 0.3) is 0 Å². The summed E-state index contributed by atoms with van der Waals surface area (Å²) in [5.74, 6) is 0. The molecule has 0 aliphatic carbocycles. The second-order valence-corrected chi connectivity index (χ2v) is 1.95. The molecule has 0 radical (unpaired) electrons. The summed E-state index contributed by atoms with van der Waals surface area (Å²) >= 11 is 0. The van der Waals surface area contributed by atoms with Crippen molar-refractivity contribution in [1.82, 2.24) is 9.97 Å². The largest absolute Gasteiger partial charge is 0.468 e. The number of aromatic amines is 1. The van der Waals surface area contributed by atoms with Crippen LogP contribution in [0.15, 0.2) is 10.9 Å². The third-order valence-corrected chi connectivity index (χ3v) is 1.18. The van der Waals surface area contributed by atoms with Crippen LogP contribution in [-0.4, -0.2) is 17.1 Å². The first-order valence-corrected chi connectivity index (χ1v) is 3.10. The molecule has 0 bridgehead atoms. The average molecular weight is 155 g/mol. The van der Waals surface area contributed by atoms with Gasteiger partial charge in [-0.15, -0.1) is 0 Å². The Morgan fingerprint density at radius 3 is 3.09 bits per heavy atom. The molecule has 1 aromatic rings. The van der Waals surface area contributed by atoms with Gasteiger partial charge in [0.25, 0.3) is 11.6 Å². The van der Waals surface area contributed by atoms with Crippen LogP contribution in [-0.2, 0) is 6.54 Å². The van der Waals surface area contributed by atoms with Crippen LogP contribution in [0.1, 0.15) is 5.69 Å². The maximum Gasteiger partial charge on any atom is 0.296 e. The van der Waals surface area contributed by atoms with Crippen LogP contribution in [0.2, 0.25) is 0 Å². The number of hydrogen-bond acceptors (Lipinski definition) is 4. The Labute approximate surface area is 63.2 Å². The standard InChI is InChI=1S/C6H9N3O2/c1-11-6-8-4(3-7)2-5(10)9-6/h2H,3,7H2,1H3,(H,8,9,10). The molecule has 3 N–H and O–H groups in total. The van der Waals surface area contributed by atoms with Gasteiger partial charge in [-0.05, 0) is 0 Å². The normalized spacial score (nSPS) is 9.64. The number of nitrogens with two attached hydrogens (primary N) is 1. The van der Waals surface area contributed by atoms with Crippen LogP contribution in [0.4, 0.5) is 0 Å². The molecule has 0 aliphatic heterocycles. The van der Waals surface area contributed by atoms with Gasteiger partial charge >= 0.3 is 0 Å². The molecule has 0 atom stereocenters. The van der Waals surface area contributed by atoms with Gasteiger partial charge in [-0.1, -0.05) is 0 Å². The second-order valence-electron chi connectivity index (χ2n) is 1.95. The first kappa shape index (κ1) is 7.74. The quantitative estimate of drug-likeness (QED) is 0.588. The van der Waals surface area contributed by atoms with Crippen molar-refractivity contribution in [3.05, 3.63) is 22.1 Å². The molecule has 0 unspecified atom stereocenters. The van der Waals surface area contributed by atoms with Gasteiger partial charge in [0, 0.05) is 12.6 Å². The Kier molecular flexibility index (Phi) is 2.22. The van der Waals surface area contributed by atoms with E-state index in [1.54, 1.807) is 0 Å². The molecular weight excluding hydrogens is 146 g/mol. The van der Waals surface area contributed by atoms with Gasteiger partial charge < -0.3 is 10.5 Å². The number of aromatic nitrogens is 2. The summed E-state index contributed by atoms with van der Waals surface area (Å²) in [5, 5.41) is 0. The Balaban J connectivity index is 3.12. The molecule has 5 heteroatoms. The zero-order valence-electron chi connectivity index (χ0n) is 6.13. The highest BCUT2D eigenvalue weighted by Crippen LogP contribution is 1.96. The van der Waals surface area contributed by atoms with Crippen LogP contribution < -0.4 is 16.0 Å². The van der Waals surface area contributed by atoms with Gasteiger partial charge in [0.05, 0.1) is 12.8 Å². The van der Waals surface area contributed by atoms with E-state index >= 15 is 0 Å². The van der Waals surface area contributed by atoms with E-state index in [1.807, 2.05) is 0 Å². The molecule has 1 heterocycles. The molecular formula is C6H9N3O2. The first-order valence-electron chi connectivity index (χ1n) is 3.10. The Bertz CT molecular complexity index is 269. The van der Waals surface area contributed by atoms with Crippen molar-refractivity contribution in [1.29, 1.82) is 0 Å². The Morgan fingerprint density at radius 1 is 1.82 bits per heavy atom. The van der Waals surface area contributed by atoms with Crippen molar-refractivity contribution < 1.29 is 4.74 Å². The minimum atomic E-state index is -0.252. The van der Waals surface area contributed by atoms with Crippen molar-refractivity contribution in [3.63, 3.8) is 0 Å². The maximum absolute atomic E-state index is 10.8. The number of H-pyrrole nitrogens is 1. The smallest absolute Gasteiger partial charge is 0.296 e. The molecule has 0 saturated heterocycles. The van der Waals surface area contributed by atoms with Crippen molar-refractivity contribution in [2.45, 2.75) is 6.54 Å². The molecule has 5 nitrogen and oxygen atoms in total. The highest BCUT2D eigenvalue weighted by Gasteiger charge is 1.97. The Morgan fingerprint density at radius 2 is 2.55 bits per heavy atom. The molecule has 0 spiro atoms. The predicted octanol–water partition coefficient (Wildman–Crippen LogP) is -0.763. The fraction of sp³-hybridized carbons (Fsp3) is 0.333. The van der Waals surface area contributed by atoms with Crippen LogP contribution in [0.5, 0.6) is 6.01 Å². The number of nitrogens with zero attached hydrogens (tertiary/aromatic N) is 1. The van der Waals surface area contributed by atoms with E-state index in [0.29, 0.717) is 5.69 Å². The summed E-state index contributed by atoms with van der Waals surface area (Å²) in [5.41, 5.74) is 5.54. The molecule has 60 valence electrons. The highest BCUT2D eigenvalue weighted by molar-refractivity contribution is 5.04. The molecule has 0 saturated carbocycles. The van der Waals surface area contributed by atoms with Crippen LogP contribution >= 0.6 is 0 Å². The summed E-state index contributed by atoms with van der Waals surface area (Å²) < 4.78 is 4.72. The molecule has 0 aromatic carbocycles. The zero-order valence-corrected chi connectivity index (χ0v) is 6.13. The summed E-state index contributed by atoms with van der Waals surface area (Å²) in [6.45, 7) is 0.236. The zero-order chi connectivity index (χ0) is 8.27. The second kappa shape index (κ2) is 3.16. The number of hydrogen-bond donors (Lipinski definition) is 2. The lowest BCUT2D eigenvalue weighted by Crippen LogP contribution is -2.12. The molecule has 1 aromatic heterocycles. The highest BCUT2D eigenvalue weighted by atomic mass is 16.5. The van der Waals surface area contributed by atoms with Gasteiger partial charge in [-0.3, -0.25) is 9.78 Å². The number of nitrogens with one attached hydrogen (secondary N) is 1. The first-order chi connectivity index (χ1) is 5.26. The third kappa shape index (κ3) is 1.78. The van der Waals surface area contributed by atoms with E-state index in [0.717, 1.165) is 0 Å². The number of methoxy groups -OCH3 is 1. The lowest BCUT2D eigenvalue weighted by atomic mass is 10.4. The molecule has 0 amide bonds. The van der Waals surface area contributed by atoms with Crippen LogP contribution in [0, 0.1) is 0 Å².